The summed E-state index contributed by atoms with van der Waals surface area (Å²) in [7, 11) is 3.29. The number of nitrogens with zero attached hydrogens (tertiary/aromatic N) is 1. The van der Waals surface area contributed by atoms with Crippen LogP contribution in [0.25, 0.3) is 0 Å². The molecule has 0 rings (SSSR count). The van der Waals surface area contributed by atoms with Crippen molar-refractivity contribution in [3.8, 4) is 0 Å². The lowest BCUT2D eigenvalue weighted by Crippen LogP contribution is -2.40. The van der Waals surface area contributed by atoms with Gasteiger partial charge in [-0.2, -0.15) is 0 Å². The summed E-state index contributed by atoms with van der Waals surface area (Å²) in [5, 5.41) is 2.52. The molecule has 0 saturated carbocycles. The first-order valence-electron chi connectivity index (χ1n) is 5.59. The third-order valence-corrected chi connectivity index (χ3v) is 2.71. The molecule has 0 aliphatic carbocycles. The second kappa shape index (κ2) is 7.22. The van der Waals surface area contributed by atoms with Gasteiger partial charge in [-0.1, -0.05) is 13.8 Å². The van der Waals surface area contributed by atoms with Gasteiger partial charge in [0.25, 0.3) is 0 Å². The lowest BCUT2D eigenvalue weighted by Gasteiger charge is -2.25. The van der Waals surface area contributed by atoms with Crippen molar-refractivity contribution >= 4 is 11.8 Å². The zero-order valence-electron chi connectivity index (χ0n) is 10.6. The first-order chi connectivity index (χ1) is 7.43. The van der Waals surface area contributed by atoms with E-state index in [-0.39, 0.29) is 23.7 Å². The topological polar surface area (TPSA) is 75.4 Å². The van der Waals surface area contributed by atoms with Crippen molar-refractivity contribution in [2.75, 3.05) is 27.2 Å². The van der Waals surface area contributed by atoms with Crippen LogP contribution in [0.2, 0.25) is 0 Å². The van der Waals surface area contributed by atoms with E-state index < -0.39 is 0 Å². The normalized spacial score (nSPS) is 12.4. The molecule has 0 aromatic heterocycles. The van der Waals surface area contributed by atoms with Crippen LogP contribution in [-0.4, -0.2) is 43.9 Å². The summed E-state index contributed by atoms with van der Waals surface area (Å²) in [6, 6.07) is 0. The number of hydrogen-bond donors (Lipinski definition) is 2. The number of hydrogen-bond acceptors (Lipinski definition) is 3. The van der Waals surface area contributed by atoms with Crippen molar-refractivity contribution in [3.63, 3.8) is 0 Å². The van der Waals surface area contributed by atoms with Gasteiger partial charge >= 0.3 is 0 Å². The fourth-order valence-electron chi connectivity index (χ4n) is 1.45. The van der Waals surface area contributed by atoms with Crippen LogP contribution in [0.1, 0.15) is 20.3 Å². The van der Waals surface area contributed by atoms with E-state index in [2.05, 4.69) is 5.32 Å². The molecule has 0 aliphatic rings. The lowest BCUT2D eigenvalue weighted by atomic mass is 9.94. The lowest BCUT2D eigenvalue weighted by molar-refractivity contribution is -0.135. The molecule has 5 heteroatoms. The number of nitrogens with two attached hydrogens (primary N) is 1. The Balaban J connectivity index is 4.21. The van der Waals surface area contributed by atoms with Crippen LogP contribution in [0.3, 0.4) is 0 Å². The molecule has 1 unspecified atom stereocenters. The minimum Gasteiger partial charge on any atom is -0.359 e. The minimum absolute atomic E-state index is 0.0152. The second-order valence-corrected chi connectivity index (χ2v) is 4.27. The molecule has 0 aromatic carbocycles. The monoisotopic (exact) mass is 229 g/mol. The molecule has 0 bridgehead atoms. The van der Waals surface area contributed by atoms with Gasteiger partial charge in [-0.05, 0) is 5.92 Å². The van der Waals surface area contributed by atoms with Gasteiger partial charge in [-0.15, -0.1) is 0 Å². The Morgan fingerprint density at radius 2 is 1.94 bits per heavy atom. The SMILES string of the molecule is CNC(=O)CCN(C)C(=O)C(CN)C(C)C. The van der Waals surface area contributed by atoms with E-state index in [4.69, 9.17) is 5.73 Å². The van der Waals surface area contributed by atoms with Crippen molar-refractivity contribution in [2.24, 2.45) is 17.6 Å². The van der Waals surface area contributed by atoms with Crippen LogP contribution in [-0.2, 0) is 9.59 Å². The molecule has 94 valence electrons. The summed E-state index contributed by atoms with van der Waals surface area (Å²) in [4.78, 5) is 24.5. The maximum absolute atomic E-state index is 11.9. The number of carbonyl (C=O) groups is 2. The predicted molar refractivity (Wildman–Crippen MR) is 63.7 cm³/mol. The van der Waals surface area contributed by atoms with Gasteiger partial charge in [-0.3, -0.25) is 9.59 Å². The molecule has 16 heavy (non-hydrogen) atoms. The number of rotatable bonds is 6. The van der Waals surface area contributed by atoms with Gasteiger partial charge in [0, 0.05) is 33.6 Å². The highest BCUT2D eigenvalue weighted by Crippen LogP contribution is 2.12. The molecule has 0 fully saturated rings. The standard InChI is InChI=1S/C11H23N3O2/c1-8(2)9(7-12)11(16)14(4)6-5-10(15)13-3/h8-9H,5-7,12H2,1-4H3,(H,13,15). The summed E-state index contributed by atoms with van der Waals surface area (Å²) >= 11 is 0. The first-order valence-corrected chi connectivity index (χ1v) is 5.59. The Kier molecular flexibility index (Phi) is 6.72. The average molecular weight is 229 g/mol. The summed E-state index contributed by atoms with van der Waals surface area (Å²) in [6.07, 6.45) is 0.328. The van der Waals surface area contributed by atoms with Gasteiger partial charge in [0.2, 0.25) is 11.8 Å². The number of nitrogens with one attached hydrogen (secondary N) is 1. The first kappa shape index (κ1) is 14.9. The third kappa shape index (κ3) is 4.61. The Labute approximate surface area is 97.4 Å². The van der Waals surface area contributed by atoms with E-state index in [1.54, 1.807) is 19.0 Å². The van der Waals surface area contributed by atoms with Crippen molar-refractivity contribution in [3.05, 3.63) is 0 Å². The molecule has 0 aliphatic heterocycles. The molecule has 0 heterocycles. The molecule has 3 N–H and O–H groups in total. The predicted octanol–water partition coefficient (Wildman–Crippen LogP) is -0.188. The van der Waals surface area contributed by atoms with Crippen molar-refractivity contribution in [1.82, 2.24) is 10.2 Å². The van der Waals surface area contributed by atoms with Gasteiger partial charge < -0.3 is 16.0 Å². The third-order valence-electron chi connectivity index (χ3n) is 2.71. The van der Waals surface area contributed by atoms with Crippen LogP contribution in [0.5, 0.6) is 0 Å². The largest absolute Gasteiger partial charge is 0.359 e. The number of carbonyl (C=O) groups excluding carboxylic acids is 2. The van der Waals surface area contributed by atoms with Crippen molar-refractivity contribution < 1.29 is 9.59 Å². The van der Waals surface area contributed by atoms with Gasteiger partial charge in [0.05, 0.1) is 5.92 Å². The highest BCUT2D eigenvalue weighted by molar-refractivity contribution is 5.80. The smallest absolute Gasteiger partial charge is 0.226 e. The molecule has 0 saturated heterocycles. The highest BCUT2D eigenvalue weighted by Gasteiger charge is 2.23. The summed E-state index contributed by atoms with van der Waals surface area (Å²) in [5.74, 6) is 0.0181. The van der Waals surface area contributed by atoms with Gasteiger partial charge in [0.1, 0.15) is 0 Å². The molecule has 5 nitrogen and oxygen atoms in total. The summed E-state index contributed by atoms with van der Waals surface area (Å²) in [6.45, 7) is 4.73. The van der Waals surface area contributed by atoms with E-state index in [0.717, 1.165) is 0 Å². The van der Waals surface area contributed by atoms with Crippen molar-refractivity contribution in [2.45, 2.75) is 20.3 Å². The Bertz CT molecular complexity index is 241. The quantitative estimate of drug-likeness (QED) is 0.663. The maximum Gasteiger partial charge on any atom is 0.226 e. The van der Waals surface area contributed by atoms with E-state index in [1.165, 1.54) is 0 Å². The minimum atomic E-state index is -0.158. The van der Waals surface area contributed by atoms with Gasteiger partial charge in [0.15, 0.2) is 0 Å². The Morgan fingerprint density at radius 3 is 2.31 bits per heavy atom. The van der Waals surface area contributed by atoms with E-state index in [0.29, 0.717) is 19.5 Å². The summed E-state index contributed by atoms with van der Waals surface area (Å²) < 4.78 is 0. The van der Waals surface area contributed by atoms with Crippen LogP contribution in [0, 0.1) is 11.8 Å². The highest BCUT2D eigenvalue weighted by atomic mass is 16.2. The molecule has 0 spiro atoms. The number of amides is 2. The zero-order chi connectivity index (χ0) is 12.7. The molecule has 2 amide bonds. The van der Waals surface area contributed by atoms with Crippen LogP contribution in [0.15, 0.2) is 0 Å². The van der Waals surface area contributed by atoms with E-state index in [9.17, 15) is 9.59 Å². The van der Waals surface area contributed by atoms with Crippen LogP contribution in [0.4, 0.5) is 0 Å². The fraction of sp³-hybridized carbons (Fsp3) is 0.818. The van der Waals surface area contributed by atoms with Crippen molar-refractivity contribution in [1.29, 1.82) is 0 Å². The second-order valence-electron chi connectivity index (χ2n) is 4.27. The molecule has 0 radical (unpaired) electrons. The molecule has 1 atom stereocenters. The van der Waals surface area contributed by atoms with Gasteiger partial charge in [-0.25, -0.2) is 0 Å². The Morgan fingerprint density at radius 1 is 1.38 bits per heavy atom. The van der Waals surface area contributed by atoms with Crippen LogP contribution >= 0.6 is 0 Å². The average Bonchev–Trinajstić information content (AvgIpc) is 2.25. The fourth-order valence-corrected chi connectivity index (χ4v) is 1.45. The maximum atomic E-state index is 11.9. The summed E-state index contributed by atoms with van der Waals surface area (Å²) in [5.41, 5.74) is 5.57. The van der Waals surface area contributed by atoms with E-state index in [1.807, 2.05) is 13.8 Å². The van der Waals surface area contributed by atoms with Crippen LogP contribution < -0.4 is 11.1 Å². The molecule has 0 aromatic rings. The zero-order valence-corrected chi connectivity index (χ0v) is 10.6. The van der Waals surface area contributed by atoms with E-state index >= 15 is 0 Å². The molecular weight excluding hydrogens is 206 g/mol. The Hall–Kier alpha value is -1.10. The molecular formula is C11H23N3O2.